The molecular weight excluding hydrogens is 410 g/mol. The molecule has 0 radical (unpaired) electrons. The first-order chi connectivity index (χ1) is 15.2. The molecule has 5 rings (SSSR count). The monoisotopic (exact) mass is 431 g/mol. The maximum absolute atomic E-state index is 13.0. The summed E-state index contributed by atoms with van der Waals surface area (Å²) in [6.45, 7) is 0.599. The molecule has 1 fully saturated rings. The van der Waals surface area contributed by atoms with E-state index in [-0.39, 0.29) is 18.2 Å². The SMILES string of the molecule is O=C(Nc1nc2ccccc2s1)C1CCCN1C(=O)Cc1ccc(-n2cccn2)cc1. The normalized spacial score (nSPS) is 16.0. The van der Waals surface area contributed by atoms with Crippen molar-refractivity contribution in [2.45, 2.75) is 25.3 Å². The van der Waals surface area contributed by atoms with E-state index in [9.17, 15) is 9.59 Å². The predicted octanol–water partition coefficient (Wildman–Crippen LogP) is 3.65. The number of thiazole rings is 1. The number of fused-ring (bicyclic) bond motifs is 1. The number of para-hydroxylation sites is 1. The summed E-state index contributed by atoms with van der Waals surface area (Å²) in [5.41, 5.74) is 2.72. The van der Waals surface area contributed by atoms with Gasteiger partial charge in [0.15, 0.2) is 5.13 Å². The lowest BCUT2D eigenvalue weighted by Crippen LogP contribution is -2.43. The minimum atomic E-state index is -0.456. The van der Waals surface area contributed by atoms with Crippen LogP contribution in [0, 0.1) is 0 Å². The molecule has 2 aromatic heterocycles. The molecule has 2 aromatic carbocycles. The fraction of sp³-hybridized carbons (Fsp3) is 0.217. The summed E-state index contributed by atoms with van der Waals surface area (Å²) in [6.07, 6.45) is 5.36. The van der Waals surface area contributed by atoms with E-state index in [1.54, 1.807) is 15.8 Å². The smallest absolute Gasteiger partial charge is 0.248 e. The van der Waals surface area contributed by atoms with Gasteiger partial charge in [0.2, 0.25) is 11.8 Å². The number of carbonyl (C=O) groups excluding carboxylic acids is 2. The quantitative estimate of drug-likeness (QED) is 0.523. The third-order valence-electron chi connectivity index (χ3n) is 5.46. The Kier molecular flexibility index (Phi) is 5.21. The Bertz CT molecular complexity index is 1180. The van der Waals surface area contributed by atoms with Crippen molar-refractivity contribution in [1.29, 1.82) is 0 Å². The Labute approximate surface area is 183 Å². The van der Waals surface area contributed by atoms with E-state index in [1.807, 2.05) is 60.8 Å². The minimum absolute atomic E-state index is 0.0335. The van der Waals surface area contributed by atoms with Crippen molar-refractivity contribution in [3.63, 3.8) is 0 Å². The summed E-state index contributed by atoms with van der Waals surface area (Å²) in [7, 11) is 0. The maximum Gasteiger partial charge on any atom is 0.248 e. The second-order valence-electron chi connectivity index (χ2n) is 7.52. The van der Waals surface area contributed by atoms with Gasteiger partial charge in [-0.3, -0.25) is 9.59 Å². The van der Waals surface area contributed by atoms with E-state index < -0.39 is 6.04 Å². The predicted molar refractivity (Wildman–Crippen MR) is 120 cm³/mol. The summed E-state index contributed by atoms with van der Waals surface area (Å²) in [5, 5.41) is 7.69. The Morgan fingerprint density at radius 3 is 2.71 bits per heavy atom. The van der Waals surface area contributed by atoms with Crippen molar-refractivity contribution in [2.75, 3.05) is 11.9 Å². The number of carbonyl (C=O) groups is 2. The van der Waals surface area contributed by atoms with Gasteiger partial charge in [0.25, 0.3) is 0 Å². The average molecular weight is 432 g/mol. The highest BCUT2D eigenvalue weighted by atomic mass is 32.1. The van der Waals surface area contributed by atoms with Gasteiger partial charge in [0, 0.05) is 18.9 Å². The van der Waals surface area contributed by atoms with E-state index >= 15 is 0 Å². The second kappa shape index (κ2) is 8.31. The first-order valence-electron chi connectivity index (χ1n) is 10.2. The molecule has 1 atom stereocenters. The molecule has 7 nitrogen and oxygen atoms in total. The number of likely N-dealkylation sites (tertiary alicyclic amines) is 1. The molecule has 0 saturated carbocycles. The number of anilines is 1. The molecule has 0 spiro atoms. The van der Waals surface area contributed by atoms with E-state index in [0.717, 1.165) is 27.9 Å². The van der Waals surface area contributed by atoms with Crippen LogP contribution in [0.15, 0.2) is 67.0 Å². The fourth-order valence-electron chi connectivity index (χ4n) is 3.92. The summed E-state index contributed by atoms with van der Waals surface area (Å²) in [6, 6.07) is 16.9. The van der Waals surface area contributed by atoms with Crippen LogP contribution in [0.3, 0.4) is 0 Å². The number of hydrogen-bond acceptors (Lipinski definition) is 5. The van der Waals surface area contributed by atoms with Crippen molar-refractivity contribution in [1.82, 2.24) is 19.7 Å². The van der Waals surface area contributed by atoms with Crippen LogP contribution in [0.25, 0.3) is 15.9 Å². The first-order valence-corrected chi connectivity index (χ1v) is 11.0. The molecule has 4 aromatic rings. The Balaban J connectivity index is 1.24. The topological polar surface area (TPSA) is 80.1 Å². The molecule has 0 aliphatic carbocycles. The van der Waals surface area contributed by atoms with Crippen molar-refractivity contribution < 1.29 is 9.59 Å². The van der Waals surface area contributed by atoms with Crippen LogP contribution in [0.5, 0.6) is 0 Å². The van der Waals surface area contributed by atoms with Crippen LogP contribution in [-0.4, -0.2) is 44.1 Å². The van der Waals surface area contributed by atoms with Crippen molar-refractivity contribution >= 4 is 38.5 Å². The highest BCUT2D eigenvalue weighted by Crippen LogP contribution is 2.27. The van der Waals surface area contributed by atoms with Crippen molar-refractivity contribution in [3.05, 3.63) is 72.6 Å². The number of hydrogen-bond donors (Lipinski definition) is 1. The number of aromatic nitrogens is 3. The Hall–Kier alpha value is -3.52. The molecular formula is C23H21N5O2S. The van der Waals surface area contributed by atoms with Gasteiger partial charge >= 0.3 is 0 Å². The van der Waals surface area contributed by atoms with Crippen LogP contribution in [0.2, 0.25) is 0 Å². The molecule has 8 heteroatoms. The summed E-state index contributed by atoms with van der Waals surface area (Å²) in [5.74, 6) is -0.201. The van der Waals surface area contributed by atoms with Gasteiger partial charge in [0.05, 0.1) is 22.3 Å². The van der Waals surface area contributed by atoms with Gasteiger partial charge in [-0.05, 0) is 48.7 Å². The molecule has 1 unspecified atom stereocenters. The van der Waals surface area contributed by atoms with Crippen molar-refractivity contribution in [2.24, 2.45) is 0 Å². The number of nitrogens with one attached hydrogen (secondary N) is 1. The third-order valence-corrected chi connectivity index (χ3v) is 6.41. The molecule has 1 N–H and O–H groups in total. The van der Waals surface area contributed by atoms with Crippen LogP contribution in [-0.2, 0) is 16.0 Å². The maximum atomic E-state index is 13.0. The number of amides is 2. The molecule has 2 amide bonds. The van der Waals surface area contributed by atoms with E-state index in [0.29, 0.717) is 18.1 Å². The van der Waals surface area contributed by atoms with Gasteiger partial charge in [-0.1, -0.05) is 35.6 Å². The minimum Gasteiger partial charge on any atom is -0.330 e. The highest BCUT2D eigenvalue weighted by molar-refractivity contribution is 7.22. The number of rotatable bonds is 5. The van der Waals surface area contributed by atoms with Crippen LogP contribution < -0.4 is 5.32 Å². The van der Waals surface area contributed by atoms with Crippen LogP contribution >= 0.6 is 11.3 Å². The number of benzene rings is 2. The van der Waals surface area contributed by atoms with Crippen LogP contribution in [0.4, 0.5) is 5.13 Å². The Morgan fingerprint density at radius 2 is 1.94 bits per heavy atom. The molecule has 1 aliphatic rings. The second-order valence-corrected chi connectivity index (χ2v) is 8.55. The molecule has 1 saturated heterocycles. The average Bonchev–Trinajstić information content (AvgIpc) is 3.53. The lowest BCUT2D eigenvalue weighted by Gasteiger charge is -2.23. The molecule has 156 valence electrons. The summed E-state index contributed by atoms with van der Waals surface area (Å²) >= 11 is 1.44. The zero-order chi connectivity index (χ0) is 21.2. The van der Waals surface area contributed by atoms with E-state index in [2.05, 4.69) is 15.4 Å². The lowest BCUT2D eigenvalue weighted by molar-refractivity contribution is -0.136. The van der Waals surface area contributed by atoms with Gasteiger partial charge in [-0.25, -0.2) is 9.67 Å². The lowest BCUT2D eigenvalue weighted by atomic mass is 10.1. The standard InChI is InChI=1S/C23H21N5O2S/c29-21(15-16-8-10-17(11-9-16)28-14-4-12-24-28)27-13-3-6-19(27)22(30)26-23-25-18-5-1-2-7-20(18)31-23/h1-2,4-5,7-12,14,19H,3,6,13,15H2,(H,25,26,30). The van der Waals surface area contributed by atoms with Gasteiger partial charge in [0.1, 0.15) is 6.04 Å². The van der Waals surface area contributed by atoms with Gasteiger partial charge in [-0.15, -0.1) is 0 Å². The van der Waals surface area contributed by atoms with Gasteiger partial charge < -0.3 is 10.2 Å². The summed E-state index contributed by atoms with van der Waals surface area (Å²) < 4.78 is 2.80. The zero-order valence-electron chi connectivity index (χ0n) is 16.8. The summed E-state index contributed by atoms with van der Waals surface area (Å²) in [4.78, 5) is 32.0. The number of nitrogens with zero attached hydrogens (tertiary/aromatic N) is 4. The fourth-order valence-corrected chi connectivity index (χ4v) is 4.79. The molecule has 1 aliphatic heterocycles. The third kappa shape index (κ3) is 4.06. The Morgan fingerprint density at radius 1 is 1.10 bits per heavy atom. The van der Waals surface area contributed by atoms with E-state index in [4.69, 9.17) is 0 Å². The molecule has 0 bridgehead atoms. The zero-order valence-corrected chi connectivity index (χ0v) is 17.6. The van der Waals surface area contributed by atoms with E-state index in [1.165, 1.54) is 11.3 Å². The van der Waals surface area contributed by atoms with Crippen LogP contribution in [0.1, 0.15) is 18.4 Å². The van der Waals surface area contributed by atoms with Crippen molar-refractivity contribution in [3.8, 4) is 5.69 Å². The molecule has 31 heavy (non-hydrogen) atoms. The first kappa shape index (κ1) is 19.4. The highest BCUT2D eigenvalue weighted by Gasteiger charge is 2.34. The largest absolute Gasteiger partial charge is 0.330 e. The molecule has 3 heterocycles. The van der Waals surface area contributed by atoms with Gasteiger partial charge in [-0.2, -0.15) is 5.10 Å².